The maximum Gasteiger partial charge on any atom is 0.0386 e. The molecule has 13 heavy (non-hydrogen) atoms. The van der Waals surface area contributed by atoms with Gasteiger partial charge in [-0.2, -0.15) is 0 Å². The van der Waals surface area contributed by atoms with Gasteiger partial charge >= 0.3 is 0 Å². The second-order valence-electron chi connectivity index (χ2n) is 2.84. The first-order valence-electron chi connectivity index (χ1n) is 4.08. The summed E-state index contributed by atoms with van der Waals surface area (Å²) in [7, 11) is 0. The quantitative estimate of drug-likeness (QED) is 0.634. The zero-order valence-corrected chi connectivity index (χ0v) is 11.7. The van der Waals surface area contributed by atoms with Crippen LogP contribution in [0.2, 0.25) is 0 Å². The summed E-state index contributed by atoms with van der Waals surface area (Å²) in [5.74, 6) is 0. The van der Waals surface area contributed by atoms with E-state index in [1.54, 1.807) is 0 Å². The van der Waals surface area contributed by atoms with Crippen molar-refractivity contribution >= 4 is 59.9 Å². The first kappa shape index (κ1) is 9.93. The van der Waals surface area contributed by atoms with Gasteiger partial charge in [0, 0.05) is 12.7 Å². The molecule has 68 valence electrons. The van der Waals surface area contributed by atoms with E-state index in [9.17, 15) is 0 Å². The first-order valence-corrected chi connectivity index (χ1v) is 6.83. The molecule has 3 heteroatoms. The fraction of sp³-hybridized carbons (Fsp3) is 0.200. The molecule has 0 aliphatic rings. The Bertz CT molecular complexity index is 447. The second kappa shape index (κ2) is 3.87. The molecule has 0 atom stereocenters. The van der Waals surface area contributed by atoms with Gasteiger partial charge in [-0.05, 0) is 73.4 Å². The van der Waals surface area contributed by atoms with E-state index in [1.807, 2.05) is 11.3 Å². The summed E-state index contributed by atoms with van der Waals surface area (Å²) in [6.07, 6.45) is 1.09. The van der Waals surface area contributed by atoms with Crippen LogP contribution in [0.1, 0.15) is 12.5 Å². The minimum atomic E-state index is 1.09. The molecule has 1 aromatic heterocycles. The second-order valence-corrected chi connectivity index (χ2v) is 5.71. The SMILES string of the molecule is CCc1c(Br)c(I)cc2ccsc12. The van der Waals surface area contributed by atoms with Gasteiger partial charge in [-0.3, -0.25) is 0 Å². The van der Waals surface area contributed by atoms with Gasteiger partial charge in [-0.25, -0.2) is 0 Å². The number of rotatable bonds is 1. The zero-order chi connectivity index (χ0) is 9.42. The summed E-state index contributed by atoms with van der Waals surface area (Å²) < 4.78 is 4.00. The van der Waals surface area contributed by atoms with E-state index in [4.69, 9.17) is 0 Å². The molecule has 1 heterocycles. The highest BCUT2D eigenvalue weighted by Crippen LogP contribution is 2.34. The van der Waals surface area contributed by atoms with Crippen LogP contribution >= 0.6 is 49.9 Å². The third-order valence-corrected chi connectivity index (χ3v) is 5.57. The largest absolute Gasteiger partial charge is 0.143 e. The lowest BCUT2D eigenvalue weighted by Crippen LogP contribution is -1.86. The summed E-state index contributed by atoms with van der Waals surface area (Å²) in [5, 5.41) is 3.53. The maximum absolute atomic E-state index is 3.65. The Labute approximate surface area is 104 Å². The van der Waals surface area contributed by atoms with Crippen molar-refractivity contribution in [1.82, 2.24) is 0 Å². The molecule has 0 N–H and O–H groups in total. The van der Waals surface area contributed by atoms with Gasteiger partial charge in [0.05, 0.1) is 0 Å². The number of hydrogen-bond acceptors (Lipinski definition) is 1. The van der Waals surface area contributed by atoms with Gasteiger partial charge in [-0.1, -0.05) is 6.92 Å². The molecule has 0 unspecified atom stereocenters. The Kier molecular flexibility index (Phi) is 2.95. The van der Waals surface area contributed by atoms with E-state index in [-0.39, 0.29) is 0 Å². The standard InChI is InChI=1S/C10H8BrIS/c1-2-7-9(11)8(12)5-6-3-4-13-10(6)7/h3-5H,2H2,1H3. The summed E-state index contributed by atoms with van der Waals surface area (Å²) in [6.45, 7) is 2.20. The molecule has 1 aromatic carbocycles. The van der Waals surface area contributed by atoms with Crippen LogP contribution in [0, 0.1) is 3.57 Å². The third kappa shape index (κ3) is 1.66. The van der Waals surface area contributed by atoms with Crippen molar-refractivity contribution < 1.29 is 0 Å². The van der Waals surface area contributed by atoms with E-state index in [0.29, 0.717) is 0 Å². The van der Waals surface area contributed by atoms with Crippen LogP contribution in [0.15, 0.2) is 22.0 Å². The van der Waals surface area contributed by atoms with Crippen molar-refractivity contribution in [2.45, 2.75) is 13.3 Å². The number of thiophene rings is 1. The molecule has 2 aromatic rings. The number of benzene rings is 1. The predicted octanol–water partition coefficient (Wildman–Crippen LogP) is 4.83. The predicted molar refractivity (Wildman–Crippen MR) is 71.6 cm³/mol. The Morgan fingerprint density at radius 2 is 2.31 bits per heavy atom. The van der Waals surface area contributed by atoms with Gasteiger partial charge in [0.15, 0.2) is 0 Å². The maximum atomic E-state index is 3.65. The molecule has 0 aliphatic heterocycles. The zero-order valence-electron chi connectivity index (χ0n) is 7.10. The molecule has 0 bridgehead atoms. The van der Waals surface area contributed by atoms with Crippen LogP contribution in [0.25, 0.3) is 10.1 Å². The molecule has 0 spiro atoms. The normalized spacial score (nSPS) is 11.0. The molecule has 0 nitrogen and oxygen atoms in total. The van der Waals surface area contributed by atoms with Crippen molar-refractivity contribution in [3.63, 3.8) is 0 Å². The van der Waals surface area contributed by atoms with Crippen LogP contribution in [-0.2, 0) is 6.42 Å². The van der Waals surface area contributed by atoms with Gasteiger partial charge in [-0.15, -0.1) is 11.3 Å². The van der Waals surface area contributed by atoms with Crippen molar-refractivity contribution in [2.75, 3.05) is 0 Å². The number of hydrogen-bond donors (Lipinski definition) is 0. The van der Waals surface area contributed by atoms with Crippen LogP contribution in [0.3, 0.4) is 0 Å². The van der Waals surface area contributed by atoms with E-state index in [1.165, 1.54) is 23.7 Å². The van der Waals surface area contributed by atoms with Crippen molar-refractivity contribution in [2.24, 2.45) is 0 Å². The van der Waals surface area contributed by atoms with Gasteiger partial charge in [0.2, 0.25) is 0 Å². The molecular formula is C10H8BrIS. The number of aryl methyl sites for hydroxylation is 1. The van der Waals surface area contributed by atoms with Gasteiger partial charge in [0.25, 0.3) is 0 Å². The lowest BCUT2D eigenvalue weighted by Gasteiger charge is -2.05. The molecule has 0 saturated carbocycles. The lowest BCUT2D eigenvalue weighted by atomic mass is 10.1. The van der Waals surface area contributed by atoms with Crippen molar-refractivity contribution in [3.8, 4) is 0 Å². The Morgan fingerprint density at radius 1 is 1.54 bits per heavy atom. The minimum absolute atomic E-state index is 1.09. The van der Waals surface area contributed by atoms with Crippen molar-refractivity contribution in [1.29, 1.82) is 0 Å². The fourth-order valence-electron chi connectivity index (χ4n) is 1.44. The highest BCUT2D eigenvalue weighted by atomic mass is 127. The number of halogens is 2. The van der Waals surface area contributed by atoms with E-state index in [0.717, 1.165) is 6.42 Å². The lowest BCUT2D eigenvalue weighted by molar-refractivity contribution is 1.15. The molecular weight excluding hydrogens is 359 g/mol. The highest BCUT2D eigenvalue weighted by Gasteiger charge is 2.08. The van der Waals surface area contributed by atoms with Crippen LogP contribution in [0.5, 0.6) is 0 Å². The summed E-state index contributed by atoms with van der Waals surface area (Å²) in [5.41, 5.74) is 1.44. The minimum Gasteiger partial charge on any atom is -0.143 e. The fourth-order valence-corrected chi connectivity index (χ4v) is 3.83. The van der Waals surface area contributed by atoms with Gasteiger partial charge in [0.1, 0.15) is 0 Å². The molecule has 0 amide bonds. The highest BCUT2D eigenvalue weighted by molar-refractivity contribution is 14.1. The van der Waals surface area contributed by atoms with E-state index in [2.05, 4.69) is 63.0 Å². The molecule has 0 aliphatic carbocycles. The van der Waals surface area contributed by atoms with Crippen LogP contribution in [-0.4, -0.2) is 0 Å². The summed E-state index contributed by atoms with van der Waals surface area (Å²) in [6, 6.07) is 4.42. The molecule has 0 saturated heterocycles. The van der Waals surface area contributed by atoms with Crippen LogP contribution < -0.4 is 0 Å². The molecule has 0 fully saturated rings. The average Bonchev–Trinajstić information content (AvgIpc) is 2.54. The van der Waals surface area contributed by atoms with Crippen molar-refractivity contribution in [3.05, 3.63) is 31.1 Å². The van der Waals surface area contributed by atoms with E-state index >= 15 is 0 Å². The molecule has 2 rings (SSSR count). The first-order chi connectivity index (χ1) is 6.24. The van der Waals surface area contributed by atoms with Crippen LogP contribution in [0.4, 0.5) is 0 Å². The smallest absolute Gasteiger partial charge is 0.0386 e. The topological polar surface area (TPSA) is 0 Å². The third-order valence-electron chi connectivity index (χ3n) is 2.08. The van der Waals surface area contributed by atoms with E-state index < -0.39 is 0 Å². The number of fused-ring (bicyclic) bond motifs is 1. The monoisotopic (exact) mass is 366 g/mol. The molecule has 0 radical (unpaired) electrons. The summed E-state index contributed by atoms with van der Waals surface area (Å²) in [4.78, 5) is 0. The average molecular weight is 367 g/mol. The Hall–Kier alpha value is 0.390. The Morgan fingerprint density at radius 3 is 3.00 bits per heavy atom. The summed E-state index contributed by atoms with van der Waals surface area (Å²) >= 11 is 7.85. The van der Waals surface area contributed by atoms with Gasteiger partial charge < -0.3 is 0 Å². The Balaban J connectivity index is 2.87.